The normalized spacial score (nSPS) is 16.3. The summed E-state index contributed by atoms with van der Waals surface area (Å²) >= 11 is 6.06. The summed E-state index contributed by atoms with van der Waals surface area (Å²) in [4.78, 5) is 48.3. The van der Waals surface area contributed by atoms with Gasteiger partial charge in [-0.05, 0) is 60.4 Å². The van der Waals surface area contributed by atoms with E-state index in [1.54, 1.807) is 41.3 Å². The molecule has 1 aliphatic rings. The average Bonchev–Trinajstić information content (AvgIpc) is 3.04. The van der Waals surface area contributed by atoms with E-state index >= 15 is 0 Å². The Labute approximate surface area is 273 Å². The summed E-state index contributed by atoms with van der Waals surface area (Å²) in [6.07, 6.45) is 5.07. The highest BCUT2D eigenvalue weighted by atomic mass is 35.5. The minimum atomic E-state index is -0.898. The predicted molar refractivity (Wildman–Crippen MR) is 173 cm³/mol. The molecule has 45 heavy (non-hydrogen) atoms. The lowest BCUT2D eigenvalue weighted by Crippen LogP contribution is -2.63. The Morgan fingerprint density at radius 3 is 2.27 bits per heavy atom. The van der Waals surface area contributed by atoms with Gasteiger partial charge in [0, 0.05) is 61.6 Å². The van der Waals surface area contributed by atoms with Gasteiger partial charge in [0.15, 0.2) is 0 Å². The van der Waals surface area contributed by atoms with Crippen LogP contribution in [0.1, 0.15) is 41.3 Å². The van der Waals surface area contributed by atoms with Gasteiger partial charge in [0.05, 0.1) is 6.04 Å². The number of halogens is 4. The molecule has 1 aliphatic heterocycles. The SMILES string of the molecule is CCCC1CN(C(Cc2ccc(Cl)cc2)C(=O)NCCF)CCN1C(=O)C(Cc1ccc(F)cc1)NC(=O)c1ccncc1.Cl. The van der Waals surface area contributed by atoms with Crippen molar-refractivity contribution in [2.75, 3.05) is 32.9 Å². The molecular weight excluding hydrogens is 623 g/mol. The van der Waals surface area contributed by atoms with Crippen LogP contribution in [-0.2, 0) is 22.4 Å². The number of piperazine rings is 1. The maximum Gasteiger partial charge on any atom is 0.252 e. The van der Waals surface area contributed by atoms with Crippen LogP contribution in [0.2, 0.25) is 5.02 Å². The zero-order valence-corrected chi connectivity index (χ0v) is 26.7. The minimum absolute atomic E-state index is 0. The Hall–Kier alpha value is -3.60. The Balaban J connectivity index is 0.00000552. The lowest BCUT2D eigenvalue weighted by Gasteiger charge is -2.45. The van der Waals surface area contributed by atoms with Crippen molar-refractivity contribution >= 4 is 41.7 Å². The number of carbonyl (C=O) groups is 3. The van der Waals surface area contributed by atoms with Gasteiger partial charge in [-0.1, -0.05) is 49.2 Å². The van der Waals surface area contributed by atoms with Gasteiger partial charge in [-0.2, -0.15) is 0 Å². The van der Waals surface area contributed by atoms with Crippen molar-refractivity contribution in [3.05, 3.63) is 101 Å². The highest BCUT2D eigenvalue weighted by Gasteiger charge is 2.38. The van der Waals surface area contributed by atoms with E-state index in [-0.39, 0.29) is 49.0 Å². The van der Waals surface area contributed by atoms with E-state index in [0.29, 0.717) is 48.6 Å². The number of alkyl halides is 1. The molecule has 4 rings (SSSR count). The van der Waals surface area contributed by atoms with Crippen LogP contribution in [0, 0.1) is 5.82 Å². The van der Waals surface area contributed by atoms with Crippen LogP contribution in [0.25, 0.3) is 0 Å². The molecule has 0 aliphatic carbocycles. The van der Waals surface area contributed by atoms with E-state index in [4.69, 9.17) is 11.6 Å². The van der Waals surface area contributed by atoms with Crippen molar-refractivity contribution in [3.8, 4) is 0 Å². The lowest BCUT2D eigenvalue weighted by molar-refractivity contribution is -0.140. The van der Waals surface area contributed by atoms with Gasteiger partial charge in [-0.25, -0.2) is 8.78 Å². The fourth-order valence-corrected chi connectivity index (χ4v) is 5.68. The second-order valence-corrected chi connectivity index (χ2v) is 11.3. The van der Waals surface area contributed by atoms with Gasteiger partial charge >= 0.3 is 0 Å². The van der Waals surface area contributed by atoms with Crippen molar-refractivity contribution < 1.29 is 23.2 Å². The number of hydrogen-bond donors (Lipinski definition) is 2. The van der Waals surface area contributed by atoms with Gasteiger partial charge in [-0.15, -0.1) is 12.4 Å². The second kappa shape index (κ2) is 17.8. The van der Waals surface area contributed by atoms with Gasteiger partial charge in [0.2, 0.25) is 11.8 Å². The molecule has 2 heterocycles. The number of benzene rings is 2. The maximum atomic E-state index is 14.2. The van der Waals surface area contributed by atoms with E-state index in [9.17, 15) is 23.2 Å². The summed E-state index contributed by atoms with van der Waals surface area (Å²) < 4.78 is 26.6. The molecule has 1 saturated heterocycles. The zero-order valence-electron chi connectivity index (χ0n) is 25.1. The first kappa shape index (κ1) is 35.9. The second-order valence-electron chi connectivity index (χ2n) is 10.9. The predicted octanol–water partition coefficient (Wildman–Crippen LogP) is 4.65. The highest BCUT2D eigenvalue weighted by Crippen LogP contribution is 2.22. The smallest absolute Gasteiger partial charge is 0.252 e. The summed E-state index contributed by atoms with van der Waals surface area (Å²) in [5, 5.41) is 6.17. The molecule has 0 radical (unpaired) electrons. The van der Waals surface area contributed by atoms with Crippen LogP contribution in [0.5, 0.6) is 0 Å². The van der Waals surface area contributed by atoms with E-state index in [0.717, 1.165) is 12.0 Å². The molecule has 0 saturated carbocycles. The van der Waals surface area contributed by atoms with Crippen molar-refractivity contribution in [2.24, 2.45) is 0 Å². The summed E-state index contributed by atoms with van der Waals surface area (Å²) in [5.41, 5.74) is 1.99. The van der Waals surface area contributed by atoms with Crippen molar-refractivity contribution in [1.29, 1.82) is 0 Å². The van der Waals surface area contributed by atoms with Crippen LogP contribution >= 0.6 is 24.0 Å². The number of amides is 3. The fourth-order valence-electron chi connectivity index (χ4n) is 5.55. The molecule has 3 amide bonds. The van der Waals surface area contributed by atoms with E-state index in [1.165, 1.54) is 24.5 Å². The number of rotatable bonds is 13. The monoisotopic (exact) mass is 661 g/mol. The number of nitrogens with one attached hydrogen (secondary N) is 2. The van der Waals surface area contributed by atoms with E-state index in [2.05, 4.69) is 20.5 Å². The molecule has 3 unspecified atom stereocenters. The molecule has 3 atom stereocenters. The molecule has 2 aromatic carbocycles. The highest BCUT2D eigenvalue weighted by molar-refractivity contribution is 6.30. The standard InChI is InChI=1S/C33H38ClF2N5O3.ClH/c1-2-3-28-22-40(30(32(43)38-17-14-35)21-24-4-8-26(34)9-5-24)18-19-41(28)33(44)29(20-23-6-10-27(36)11-7-23)39-31(42)25-12-15-37-16-13-25;/h4-13,15-16,28-30H,2-3,14,17-22H2,1H3,(H,38,43)(H,39,42);1H. The van der Waals surface area contributed by atoms with Crippen molar-refractivity contribution in [1.82, 2.24) is 25.4 Å². The van der Waals surface area contributed by atoms with Crippen LogP contribution in [0.4, 0.5) is 8.78 Å². The third kappa shape index (κ3) is 10.2. The Morgan fingerprint density at radius 2 is 1.62 bits per heavy atom. The Kier molecular flexibility index (Phi) is 14.2. The number of hydrogen-bond acceptors (Lipinski definition) is 5. The lowest BCUT2D eigenvalue weighted by atomic mass is 9.98. The molecular formula is C33H39Cl2F2N5O3. The molecule has 0 spiro atoms. The Morgan fingerprint density at radius 1 is 0.978 bits per heavy atom. The molecule has 8 nitrogen and oxygen atoms in total. The van der Waals surface area contributed by atoms with E-state index in [1.807, 2.05) is 19.1 Å². The molecule has 1 aromatic heterocycles. The Bertz CT molecular complexity index is 1380. The largest absolute Gasteiger partial charge is 0.352 e. The molecule has 0 bridgehead atoms. The van der Waals surface area contributed by atoms with Crippen molar-refractivity contribution in [2.45, 2.75) is 50.7 Å². The third-order valence-electron chi connectivity index (χ3n) is 7.80. The van der Waals surface area contributed by atoms with Gasteiger partial charge in [-0.3, -0.25) is 24.3 Å². The first-order valence-corrected chi connectivity index (χ1v) is 15.2. The summed E-state index contributed by atoms with van der Waals surface area (Å²) in [6.45, 7) is 2.47. The molecule has 3 aromatic rings. The quantitative estimate of drug-likeness (QED) is 0.278. The molecule has 12 heteroatoms. The van der Waals surface area contributed by atoms with Crippen LogP contribution in [0.3, 0.4) is 0 Å². The van der Waals surface area contributed by atoms with Crippen LogP contribution < -0.4 is 10.6 Å². The maximum absolute atomic E-state index is 14.2. The minimum Gasteiger partial charge on any atom is -0.352 e. The number of carbonyl (C=O) groups excluding carboxylic acids is 3. The number of nitrogens with zero attached hydrogens (tertiary/aromatic N) is 3. The van der Waals surface area contributed by atoms with Gasteiger partial charge < -0.3 is 15.5 Å². The summed E-state index contributed by atoms with van der Waals surface area (Å²) in [5.74, 6) is -1.32. The molecule has 2 N–H and O–H groups in total. The number of pyridine rings is 1. The van der Waals surface area contributed by atoms with Crippen LogP contribution in [0.15, 0.2) is 73.1 Å². The summed E-state index contributed by atoms with van der Waals surface area (Å²) in [7, 11) is 0. The average molecular weight is 663 g/mol. The fraction of sp³-hybridized carbons (Fsp3) is 0.394. The van der Waals surface area contributed by atoms with Gasteiger partial charge in [0.1, 0.15) is 18.5 Å². The third-order valence-corrected chi connectivity index (χ3v) is 8.05. The first-order chi connectivity index (χ1) is 21.3. The summed E-state index contributed by atoms with van der Waals surface area (Å²) in [6, 6.07) is 14.6. The van der Waals surface area contributed by atoms with E-state index < -0.39 is 24.7 Å². The molecule has 242 valence electrons. The number of aromatic nitrogens is 1. The van der Waals surface area contributed by atoms with Crippen LogP contribution in [-0.4, -0.2) is 83.5 Å². The zero-order chi connectivity index (χ0) is 31.5. The van der Waals surface area contributed by atoms with Crippen molar-refractivity contribution in [3.63, 3.8) is 0 Å². The topological polar surface area (TPSA) is 94.6 Å². The molecule has 1 fully saturated rings. The van der Waals surface area contributed by atoms with Gasteiger partial charge in [0.25, 0.3) is 5.91 Å². The first-order valence-electron chi connectivity index (χ1n) is 14.9.